The van der Waals surface area contributed by atoms with Gasteiger partial charge >= 0.3 is 5.97 Å². The minimum absolute atomic E-state index is 0.320. The maximum atomic E-state index is 12.0. The molecule has 0 heterocycles. The summed E-state index contributed by atoms with van der Waals surface area (Å²) < 4.78 is 16.5. The van der Waals surface area contributed by atoms with Crippen LogP contribution in [0.25, 0.3) is 16.3 Å². The van der Waals surface area contributed by atoms with Crippen molar-refractivity contribution in [2.75, 3.05) is 19.8 Å². The van der Waals surface area contributed by atoms with Crippen LogP contribution >= 0.6 is 0 Å². The van der Waals surface area contributed by atoms with E-state index in [2.05, 4.69) is 55.5 Å². The van der Waals surface area contributed by atoms with E-state index in [-0.39, 0.29) is 5.97 Å². The monoisotopic (exact) mass is 418 g/mol. The third-order valence-electron chi connectivity index (χ3n) is 5.11. The Morgan fingerprint density at radius 2 is 1.68 bits per heavy atom. The molecule has 3 rings (SSSR count). The second kappa shape index (κ2) is 11.3. The van der Waals surface area contributed by atoms with Crippen molar-refractivity contribution in [1.82, 2.24) is 0 Å². The summed E-state index contributed by atoms with van der Waals surface area (Å²) in [5.41, 5.74) is 3.37. The average Bonchev–Trinajstić information content (AvgIpc) is 2.79. The molecule has 0 unspecified atom stereocenters. The third-order valence-corrected chi connectivity index (χ3v) is 5.11. The van der Waals surface area contributed by atoms with Gasteiger partial charge in [0.2, 0.25) is 0 Å². The Labute approximate surface area is 184 Å². The zero-order valence-electron chi connectivity index (χ0n) is 18.5. The largest absolute Gasteiger partial charge is 0.490 e. The lowest BCUT2D eigenvalue weighted by Gasteiger charge is -2.15. The lowest BCUT2D eigenvalue weighted by Crippen LogP contribution is -2.28. The van der Waals surface area contributed by atoms with Gasteiger partial charge in [0, 0.05) is 13.0 Å². The van der Waals surface area contributed by atoms with Crippen LogP contribution in [0.15, 0.2) is 72.8 Å². The molecule has 3 aromatic carbocycles. The first kappa shape index (κ1) is 22.6. The minimum Gasteiger partial charge on any atom is -0.490 e. The molecule has 0 aliphatic rings. The van der Waals surface area contributed by atoms with Crippen LogP contribution in [0.2, 0.25) is 0 Å². The van der Waals surface area contributed by atoms with Crippen molar-refractivity contribution in [3.63, 3.8) is 0 Å². The van der Waals surface area contributed by atoms with E-state index in [0.717, 1.165) is 11.3 Å². The third kappa shape index (κ3) is 6.43. The van der Waals surface area contributed by atoms with Crippen LogP contribution in [0.3, 0.4) is 0 Å². The van der Waals surface area contributed by atoms with Crippen molar-refractivity contribution in [3.05, 3.63) is 83.9 Å². The molecule has 0 spiro atoms. The topological polar surface area (TPSA) is 44.8 Å². The number of carbonyl (C=O) groups is 1. The number of rotatable bonds is 10. The number of hydrogen-bond donors (Lipinski definition) is 0. The van der Waals surface area contributed by atoms with Crippen molar-refractivity contribution >= 4 is 22.3 Å². The SMILES string of the molecule is CCOC(=O)[C@H](Cc1ccc(OC/C=C(\C)c2ccc3ccccc3c2)cc1)OCC. The first-order chi connectivity index (χ1) is 15.1. The summed E-state index contributed by atoms with van der Waals surface area (Å²) in [6, 6.07) is 22.6. The molecule has 0 aliphatic heterocycles. The molecule has 0 radical (unpaired) electrons. The van der Waals surface area contributed by atoms with Crippen LogP contribution in [0, 0.1) is 0 Å². The van der Waals surface area contributed by atoms with Crippen molar-refractivity contribution in [2.24, 2.45) is 0 Å². The zero-order chi connectivity index (χ0) is 22.1. The van der Waals surface area contributed by atoms with Crippen molar-refractivity contribution in [3.8, 4) is 5.75 Å². The van der Waals surface area contributed by atoms with E-state index in [4.69, 9.17) is 14.2 Å². The second-order valence-corrected chi connectivity index (χ2v) is 7.30. The molecular weight excluding hydrogens is 388 g/mol. The molecule has 4 nitrogen and oxygen atoms in total. The second-order valence-electron chi connectivity index (χ2n) is 7.30. The fourth-order valence-electron chi connectivity index (χ4n) is 3.40. The van der Waals surface area contributed by atoms with Gasteiger partial charge in [-0.15, -0.1) is 0 Å². The maximum Gasteiger partial charge on any atom is 0.335 e. The van der Waals surface area contributed by atoms with Gasteiger partial charge in [-0.05, 0) is 72.5 Å². The van der Waals surface area contributed by atoms with Crippen LogP contribution in [-0.4, -0.2) is 31.9 Å². The molecule has 0 N–H and O–H groups in total. The van der Waals surface area contributed by atoms with Gasteiger partial charge < -0.3 is 14.2 Å². The van der Waals surface area contributed by atoms with Gasteiger partial charge in [-0.2, -0.15) is 0 Å². The molecule has 4 heteroatoms. The highest BCUT2D eigenvalue weighted by molar-refractivity contribution is 5.86. The first-order valence-corrected chi connectivity index (χ1v) is 10.8. The molecule has 0 saturated heterocycles. The standard InChI is InChI=1S/C27H30O4/c1-4-29-26(27(28)30-5-2)18-21-10-14-25(15-11-21)31-17-16-20(3)23-13-12-22-8-6-7-9-24(22)19-23/h6-16,19,26H,4-5,17-18H2,1-3H3/b20-16+/t26-/m0/s1. The Hall–Kier alpha value is -3.11. The highest BCUT2D eigenvalue weighted by Crippen LogP contribution is 2.21. The predicted octanol–water partition coefficient (Wildman–Crippen LogP) is 5.83. The molecule has 1 atom stereocenters. The normalized spacial score (nSPS) is 12.5. The fraction of sp³-hybridized carbons (Fsp3) is 0.296. The van der Waals surface area contributed by atoms with Gasteiger partial charge in [-0.25, -0.2) is 4.79 Å². The highest BCUT2D eigenvalue weighted by atomic mass is 16.6. The van der Waals surface area contributed by atoms with E-state index in [1.54, 1.807) is 6.92 Å². The number of esters is 1. The van der Waals surface area contributed by atoms with Crippen LogP contribution in [0.4, 0.5) is 0 Å². The summed E-state index contributed by atoms with van der Waals surface area (Å²) in [7, 11) is 0. The van der Waals surface area contributed by atoms with Crippen LogP contribution < -0.4 is 4.74 Å². The van der Waals surface area contributed by atoms with E-state index in [9.17, 15) is 4.79 Å². The summed E-state index contributed by atoms with van der Waals surface area (Å²) in [4.78, 5) is 12.0. The van der Waals surface area contributed by atoms with E-state index in [0.29, 0.717) is 26.2 Å². The molecule has 0 amide bonds. The van der Waals surface area contributed by atoms with E-state index in [1.807, 2.05) is 31.2 Å². The van der Waals surface area contributed by atoms with Crippen LogP contribution in [-0.2, 0) is 20.7 Å². The summed E-state index contributed by atoms with van der Waals surface area (Å²) in [6.07, 6.45) is 1.99. The Morgan fingerprint density at radius 3 is 2.39 bits per heavy atom. The van der Waals surface area contributed by atoms with E-state index < -0.39 is 6.10 Å². The fourth-order valence-corrected chi connectivity index (χ4v) is 3.40. The molecule has 0 aromatic heterocycles. The summed E-state index contributed by atoms with van der Waals surface area (Å²) in [6.45, 7) is 7.07. The molecule has 3 aromatic rings. The Kier molecular flexibility index (Phi) is 8.25. The van der Waals surface area contributed by atoms with E-state index in [1.165, 1.54) is 21.9 Å². The molecule has 0 saturated carbocycles. The molecule has 31 heavy (non-hydrogen) atoms. The lowest BCUT2D eigenvalue weighted by atomic mass is 10.0. The highest BCUT2D eigenvalue weighted by Gasteiger charge is 2.20. The first-order valence-electron chi connectivity index (χ1n) is 10.8. The van der Waals surface area contributed by atoms with Gasteiger partial charge in [0.15, 0.2) is 6.10 Å². The van der Waals surface area contributed by atoms with Crippen molar-refractivity contribution < 1.29 is 19.0 Å². The molecule has 0 fully saturated rings. The summed E-state index contributed by atoms with van der Waals surface area (Å²) in [5, 5.41) is 2.47. The number of hydrogen-bond acceptors (Lipinski definition) is 4. The molecule has 162 valence electrons. The number of ether oxygens (including phenoxy) is 3. The quantitative estimate of drug-likeness (QED) is 0.389. The van der Waals surface area contributed by atoms with Crippen molar-refractivity contribution in [2.45, 2.75) is 33.3 Å². The zero-order valence-corrected chi connectivity index (χ0v) is 18.5. The van der Waals surface area contributed by atoms with Gasteiger partial charge in [-0.3, -0.25) is 0 Å². The Balaban J connectivity index is 1.57. The van der Waals surface area contributed by atoms with Crippen LogP contribution in [0.1, 0.15) is 31.9 Å². The Morgan fingerprint density at radius 1 is 0.935 bits per heavy atom. The molecular formula is C27H30O4. The number of fused-ring (bicyclic) bond motifs is 1. The van der Waals surface area contributed by atoms with Gasteiger partial charge in [0.1, 0.15) is 12.4 Å². The average molecular weight is 419 g/mol. The van der Waals surface area contributed by atoms with Gasteiger partial charge in [-0.1, -0.05) is 48.5 Å². The van der Waals surface area contributed by atoms with Gasteiger partial charge in [0.05, 0.1) is 6.61 Å². The van der Waals surface area contributed by atoms with Gasteiger partial charge in [0.25, 0.3) is 0 Å². The maximum absolute atomic E-state index is 12.0. The number of carbonyl (C=O) groups excluding carboxylic acids is 1. The summed E-state index contributed by atoms with van der Waals surface area (Å²) >= 11 is 0. The number of allylic oxidation sites excluding steroid dienone is 1. The summed E-state index contributed by atoms with van der Waals surface area (Å²) in [5.74, 6) is 0.467. The molecule has 0 bridgehead atoms. The lowest BCUT2D eigenvalue weighted by molar-refractivity contribution is -0.156. The smallest absolute Gasteiger partial charge is 0.335 e. The minimum atomic E-state index is -0.579. The van der Waals surface area contributed by atoms with Crippen molar-refractivity contribution in [1.29, 1.82) is 0 Å². The predicted molar refractivity (Wildman–Crippen MR) is 125 cm³/mol. The number of benzene rings is 3. The van der Waals surface area contributed by atoms with Crippen LogP contribution in [0.5, 0.6) is 5.75 Å². The Bertz CT molecular complexity index is 1020. The molecule has 0 aliphatic carbocycles. The van der Waals surface area contributed by atoms with E-state index >= 15 is 0 Å².